The van der Waals surface area contributed by atoms with Crippen molar-refractivity contribution in [3.05, 3.63) is 47.3 Å². The SMILES string of the molecule is N#CC1=C(N)N[C@@H]2O[C@H](c3ccccc3)C[C@]12C#N. The molecule has 2 heterocycles. The molecular formula is C14H12N4O. The van der Waals surface area contributed by atoms with Crippen LogP contribution in [0.15, 0.2) is 41.7 Å². The highest BCUT2D eigenvalue weighted by atomic mass is 16.5. The van der Waals surface area contributed by atoms with E-state index >= 15 is 0 Å². The zero-order valence-corrected chi connectivity index (χ0v) is 10.1. The van der Waals surface area contributed by atoms with Crippen molar-refractivity contribution in [2.45, 2.75) is 18.8 Å². The first-order valence-electron chi connectivity index (χ1n) is 6.00. The van der Waals surface area contributed by atoms with Crippen LogP contribution in [0.2, 0.25) is 0 Å². The van der Waals surface area contributed by atoms with E-state index < -0.39 is 11.6 Å². The van der Waals surface area contributed by atoms with Crippen molar-refractivity contribution in [1.82, 2.24) is 5.32 Å². The first-order chi connectivity index (χ1) is 9.21. The summed E-state index contributed by atoms with van der Waals surface area (Å²) in [4.78, 5) is 0. The first kappa shape index (κ1) is 11.6. The minimum Gasteiger partial charge on any atom is -0.385 e. The fraction of sp³-hybridized carbons (Fsp3) is 0.286. The third-order valence-corrected chi connectivity index (χ3v) is 3.74. The molecule has 3 atom stereocenters. The van der Waals surface area contributed by atoms with Crippen molar-refractivity contribution in [3.63, 3.8) is 0 Å². The number of fused-ring (bicyclic) bond motifs is 1. The number of nitrogens with zero attached hydrogens (tertiary/aromatic N) is 2. The largest absolute Gasteiger partial charge is 0.385 e. The van der Waals surface area contributed by atoms with Gasteiger partial charge in [-0.15, -0.1) is 0 Å². The quantitative estimate of drug-likeness (QED) is 0.785. The van der Waals surface area contributed by atoms with Crippen LogP contribution in [0.5, 0.6) is 0 Å². The van der Waals surface area contributed by atoms with Gasteiger partial charge in [0.1, 0.15) is 17.3 Å². The van der Waals surface area contributed by atoms with E-state index in [2.05, 4.69) is 11.4 Å². The Balaban J connectivity index is 1.98. The van der Waals surface area contributed by atoms with Crippen LogP contribution in [0.4, 0.5) is 0 Å². The van der Waals surface area contributed by atoms with Crippen molar-refractivity contribution in [2.75, 3.05) is 0 Å². The smallest absolute Gasteiger partial charge is 0.153 e. The predicted octanol–water partition coefficient (Wildman–Crippen LogP) is 1.28. The molecule has 3 rings (SSSR count). The molecule has 1 aromatic rings. The average Bonchev–Trinajstić information content (AvgIpc) is 2.91. The number of nitrogens with two attached hydrogens (primary N) is 1. The van der Waals surface area contributed by atoms with Gasteiger partial charge in [-0.05, 0) is 5.56 Å². The molecule has 0 saturated carbocycles. The first-order valence-corrected chi connectivity index (χ1v) is 6.00. The van der Waals surface area contributed by atoms with Crippen molar-refractivity contribution >= 4 is 0 Å². The van der Waals surface area contributed by atoms with Crippen LogP contribution in [0.25, 0.3) is 0 Å². The molecule has 94 valence electrons. The van der Waals surface area contributed by atoms with Crippen molar-refractivity contribution in [3.8, 4) is 12.1 Å². The molecule has 19 heavy (non-hydrogen) atoms. The van der Waals surface area contributed by atoms with Gasteiger partial charge in [0.15, 0.2) is 6.23 Å². The second kappa shape index (κ2) is 4.01. The molecule has 0 aliphatic carbocycles. The summed E-state index contributed by atoms with van der Waals surface area (Å²) >= 11 is 0. The highest BCUT2D eigenvalue weighted by Gasteiger charge is 2.57. The Hall–Kier alpha value is -2.50. The Morgan fingerprint density at radius 2 is 2.05 bits per heavy atom. The Bertz CT molecular complexity index is 625. The van der Waals surface area contributed by atoms with Crippen molar-refractivity contribution in [1.29, 1.82) is 10.5 Å². The normalized spacial score (nSPS) is 32.3. The number of hydrogen-bond donors (Lipinski definition) is 2. The molecule has 1 fully saturated rings. The van der Waals surface area contributed by atoms with E-state index in [0.29, 0.717) is 12.0 Å². The monoisotopic (exact) mass is 252 g/mol. The van der Waals surface area contributed by atoms with Gasteiger partial charge in [-0.2, -0.15) is 10.5 Å². The van der Waals surface area contributed by atoms with E-state index in [9.17, 15) is 10.5 Å². The van der Waals surface area contributed by atoms with Gasteiger partial charge >= 0.3 is 0 Å². The minimum atomic E-state index is -0.973. The lowest BCUT2D eigenvalue weighted by atomic mass is 9.79. The topological polar surface area (TPSA) is 94.9 Å². The summed E-state index contributed by atoms with van der Waals surface area (Å²) in [6, 6.07) is 13.9. The number of nitriles is 2. The number of nitrogens with one attached hydrogen (secondary N) is 1. The van der Waals surface area contributed by atoms with E-state index in [0.717, 1.165) is 5.56 Å². The summed E-state index contributed by atoms with van der Waals surface area (Å²) in [6.45, 7) is 0. The van der Waals surface area contributed by atoms with Crippen LogP contribution in [0, 0.1) is 28.1 Å². The van der Waals surface area contributed by atoms with E-state index in [1.807, 2.05) is 36.4 Å². The van der Waals surface area contributed by atoms with Crippen molar-refractivity contribution in [2.24, 2.45) is 11.1 Å². The molecule has 0 aromatic heterocycles. The zero-order valence-electron chi connectivity index (χ0n) is 10.1. The maximum atomic E-state index is 9.50. The lowest BCUT2D eigenvalue weighted by molar-refractivity contribution is 0.0207. The summed E-state index contributed by atoms with van der Waals surface area (Å²) in [5.41, 5.74) is 6.06. The molecule has 1 saturated heterocycles. The molecule has 0 radical (unpaired) electrons. The molecule has 0 amide bonds. The van der Waals surface area contributed by atoms with Gasteiger partial charge in [-0.3, -0.25) is 0 Å². The van der Waals surface area contributed by atoms with Gasteiger partial charge < -0.3 is 15.8 Å². The van der Waals surface area contributed by atoms with Crippen LogP contribution in [-0.4, -0.2) is 6.23 Å². The summed E-state index contributed by atoms with van der Waals surface area (Å²) in [5, 5.41) is 21.6. The fourth-order valence-electron chi connectivity index (χ4n) is 2.76. The lowest BCUT2D eigenvalue weighted by Gasteiger charge is -2.17. The third kappa shape index (κ3) is 1.49. The molecule has 0 unspecified atom stereocenters. The number of ether oxygens (including phenoxy) is 1. The molecule has 3 N–H and O–H groups in total. The summed E-state index contributed by atoms with van der Waals surface area (Å²) in [6.07, 6.45) is -0.304. The lowest BCUT2D eigenvalue weighted by Crippen LogP contribution is -2.35. The highest BCUT2D eigenvalue weighted by molar-refractivity contribution is 5.45. The second-order valence-corrected chi connectivity index (χ2v) is 4.75. The Labute approximate surface area is 110 Å². The van der Waals surface area contributed by atoms with E-state index in [1.54, 1.807) is 0 Å². The molecule has 2 aliphatic heterocycles. The summed E-state index contributed by atoms with van der Waals surface area (Å²) in [7, 11) is 0. The average molecular weight is 252 g/mol. The zero-order chi connectivity index (χ0) is 13.5. The standard InChI is InChI=1S/C14H12N4O/c15-7-10-12(17)18-13-14(10,8-16)6-11(19-13)9-4-2-1-3-5-9/h1-5,11,13,18H,6,17H2/t11-,13+,14-/m0/s1. The number of benzene rings is 1. The molecule has 1 aromatic carbocycles. The van der Waals surface area contributed by atoms with Gasteiger partial charge in [0, 0.05) is 6.42 Å². The Kier molecular flexibility index (Phi) is 2.45. The van der Waals surface area contributed by atoms with Crippen LogP contribution in [0.1, 0.15) is 18.1 Å². The maximum absolute atomic E-state index is 9.50. The van der Waals surface area contributed by atoms with E-state index in [-0.39, 0.29) is 11.9 Å². The Morgan fingerprint density at radius 1 is 1.32 bits per heavy atom. The minimum absolute atomic E-state index is 0.199. The van der Waals surface area contributed by atoms with Crippen molar-refractivity contribution < 1.29 is 4.74 Å². The molecule has 5 heteroatoms. The molecule has 2 aliphatic rings. The van der Waals surface area contributed by atoms with Crippen LogP contribution in [0.3, 0.4) is 0 Å². The van der Waals surface area contributed by atoms with Gasteiger partial charge in [0.25, 0.3) is 0 Å². The van der Waals surface area contributed by atoms with Gasteiger partial charge in [0.05, 0.1) is 17.7 Å². The molecule has 5 nitrogen and oxygen atoms in total. The summed E-state index contributed by atoms with van der Waals surface area (Å²) in [5.74, 6) is 0.251. The van der Waals surface area contributed by atoms with Crippen LogP contribution in [-0.2, 0) is 4.74 Å². The summed E-state index contributed by atoms with van der Waals surface area (Å²) < 4.78 is 5.86. The maximum Gasteiger partial charge on any atom is 0.153 e. The third-order valence-electron chi connectivity index (χ3n) is 3.74. The van der Waals surface area contributed by atoms with Gasteiger partial charge in [0.2, 0.25) is 0 Å². The van der Waals surface area contributed by atoms with E-state index in [1.165, 1.54) is 0 Å². The van der Waals surface area contributed by atoms with E-state index in [4.69, 9.17) is 10.5 Å². The molecular weight excluding hydrogens is 240 g/mol. The van der Waals surface area contributed by atoms with Crippen LogP contribution < -0.4 is 11.1 Å². The molecule has 0 spiro atoms. The fourth-order valence-corrected chi connectivity index (χ4v) is 2.76. The van der Waals surface area contributed by atoms with Crippen LogP contribution >= 0.6 is 0 Å². The predicted molar refractivity (Wildman–Crippen MR) is 66.7 cm³/mol. The number of hydrogen-bond acceptors (Lipinski definition) is 5. The Morgan fingerprint density at radius 3 is 2.68 bits per heavy atom. The van der Waals surface area contributed by atoms with Gasteiger partial charge in [-0.25, -0.2) is 0 Å². The number of rotatable bonds is 1. The van der Waals surface area contributed by atoms with Gasteiger partial charge in [-0.1, -0.05) is 30.3 Å². The second-order valence-electron chi connectivity index (χ2n) is 4.75. The molecule has 0 bridgehead atoms. The highest BCUT2D eigenvalue weighted by Crippen LogP contribution is 2.51.